The average molecular weight is 773 g/mol. The molecule has 0 N–H and O–H groups in total. The normalized spacial score (nSPS) is 13.2. The first-order valence-corrected chi connectivity index (χ1v) is 23.9. The third-order valence-electron chi connectivity index (χ3n) is 9.65. The van der Waals surface area contributed by atoms with E-state index in [9.17, 15) is 0 Å². The highest BCUT2D eigenvalue weighted by Crippen LogP contribution is 2.57. The van der Waals surface area contributed by atoms with Crippen molar-refractivity contribution in [1.29, 1.82) is 0 Å². The van der Waals surface area contributed by atoms with E-state index in [1.54, 1.807) is 0 Å². The van der Waals surface area contributed by atoms with Gasteiger partial charge in [-0.1, -0.05) is 165 Å². The highest BCUT2D eigenvalue weighted by molar-refractivity contribution is 7.95. The quantitative estimate of drug-likeness (QED) is 0.0383. The van der Waals surface area contributed by atoms with E-state index < -0.39 is 15.6 Å². The van der Waals surface area contributed by atoms with Crippen LogP contribution in [0, 0.1) is 11.8 Å². The number of hydrogen-bond donors (Lipinski definition) is 0. The Kier molecular flexibility index (Phi) is 20.9. The van der Waals surface area contributed by atoms with Gasteiger partial charge in [-0.25, -0.2) is 0 Å². The lowest BCUT2D eigenvalue weighted by atomic mass is 9.91. The Morgan fingerprint density at radius 3 is 1.24 bits per heavy atom. The maximum atomic E-state index is 6.75. The van der Waals surface area contributed by atoms with Gasteiger partial charge in [-0.3, -0.25) is 0 Å². The SMILES string of the molecule is CCCCCCCCCCCCCCCC[C@H](C)[C@H](CO[Si](C)(C)C)C[P+](c1ccccc1)(c1ccccc1)c1ccccc1.[I-]. The third kappa shape index (κ3) is 14.6. The summed E-state index contributed by atoms with van der Waals surface area (Å²) in [5.41, 5.74) is 0. The van der Waals surface area contributed by atoms with Crippen LogP contribution in [0.1, 0.15) is 110 Å². The van der Waals surface area contributed by atoms with Crippen LogP contribution in [0.4, 0.5) is 0 Å². The Balaban J connectivity index is 0.00000736. The first kappa shape index (κ1) is 41.2. The molecular formula is C42H66IOPSi. The van der Waals surface area contributed by atoms with Crippen molar-refractivity contribution in [3.05, 3.63) is 91.0 Å². The lowest BCUT2D eigenvalue weighted by Gasteiger charge is -2.34. The van der Waals surface area contributed by atoms with Crippen molar-refractivity contribution in [2.75, 3.05) is 12.8 Å². The summed E-state index contributed by atoms with van der Waals surface area (Å²) >= 11 is 0. The van der Waals surface area contributed by atoms with Gasteiger partial charge in [-0.15, -0.1) is 0 Å². The van der Waals surface area contributed by atoms with E-state index in [4.69, 9.17) is 4.43 Å². The molecule has 0 amide bonds. The van der Waals surface area contributed by atoms with Crippen LogP contribution in [0.5, 0.6) is 0 Å². The molecule has 3 aromatic rings. The summed E-state index contributed by atoms with van der Waals surface area (Å²) in [6, 6.07) is 34.3. The standard InChI is InChI=1S/C42H66OPSi.HI/c1-6-7-8-9-10-11-12-13-14-15-16-17-18-22-29-38(2)39(36-43-45(3,4)5)37-44(40-30-23-19-24-31-40,41-32-25-20-26-33-41)42-34-27-21-28-35-42;/h19-21,23-28,30-35,38-39H,6-18,22,29,36-37H2,1-5H3;1H/q+1;/p-1/t38-,39+;/m0./s1. The van der Waals surface area contributed by atoms with Crippen LogP contribution in [-0.4, -0.2) is 21.1 Å². The monoisotopic (exact) mass is 772 g/mol. The zero-order chi connectivity index (χ0) is 32.2. The molecule has 0 aliphatic heterocycles. The summed E-state index contributed by atoms with van der Waals surface area (Å²) < 4.78 is 6.75. The Bertz CT molecular complexity index is 1040. The van der Waals surface area contributed by atoms with Crippen LogP contribution >= 0.6 is 7.26 Å². The lowest BCUT2D eigenvalue weighted by molar-refractivity contribution is -0.0000107. The molecule has 46 heavy (non-hydrogen) atoms. The molecule has 4 heteroatoms. The molecule has 256 valence electrons. The van der Waals surface area contributed by atoms with Gasteiger partial charge in [0.25, 0.3) is 0 Å². The van der Waals surface area contributed by atoms with Crippen molar-refractivity contribution < 1.29 is 28.4 Å². The molecule has 0 bridgehead atoms. The molecule has 0 aliphatic carbocycles. The molecule has 3 aromatic carbocycles. The van der Waals surface area contributed by atoms with Crippen molar-refractivity contribution in [2.24, 2.45) is 11.8 Å². The predicted octanol–water partition coefficient (Wildman–Crippen LogP) is 8.96. The van der Waals surface area contributed by atoms with E-state index >= 15 is 0 Å². The van der Waals surface area contributed by atoms with Crippen molar-refractivity contribution in [3.63, 3.8) is 0 Å². The van der Waals surface area contributed by atoms with Crippen LogP contribution in [0.3, 0.4) is 0 Å². The van der Waals surface area contributed by atoms with Gasteiger partial charge in [0.05, 0.1) is 6.16 Å². The zero-order valence-electron chi connectivity index (χ0n) is 30.1. The van der Waals surface area contributed by atoms with Gasteiger partial charge in [0.15, 0.2) is 8.32 Å². The Hall–Kier alpha value is -1.00. The van der Waals surface area contributed by atoms with E-state index in [1.165, 1.54) is 112 Å². The van der Waals surface area contributed by atoms with Gasteiger partial charge in [-0.2, -0.15) is 0 Å². The Morgan fingerprint density at radius 1 is 0.543 bits per heavy atom. The zero-order valence-corrected chi connectivity index (χ0v) is 34.1. The molecule has 0 fully saturated rings. The number of benzene rings is 3. The minimum absolute atomic E-state index is 0. The van der Waals surface area contributed by atoms with Crippen LogP contribution in [-0.2, 0) is 4.43 Å². The maximum Gasteiger partial charge on any atom is 0.183 e. The highest BCUT2D eigenvalue weighted by Gasteiger charge is 2.47. The minimum Gasteiger partial charge on any atom is -1.00 e. The maximum absolute atomic E-state index is 6.75. The number of hydrogen-bond acceptors (Lipinski definition) is 1. The largest absolute Gasteiger partial charge is 1.00 e. The highest BCUT2D eigenvalue weighted by atomic mass is 127. The number of unbranched alkanes of at least 4 members (excludes halogenated alkanes) is 13. The second-order valence-electron chi connectivity index (χ2n) is 14.5. The summed E-state index contributed by atoms with van der Waals surface area (Å²) in [4.78, 5) is 0. The number of halogens is 1. The molecule has 3 rings (SSSR count). The minimum atomic E-state index is -1.88. The Labute approximate surface area is 303 Å². The summed E-state index contributed by atoms with van der Waals surface area (Å²) in [6.45, 7) is 12.7. The molecule has 0 radical (unpaired) electrons. The van der Waals surface area contributed by atoms with Crippen LogP contribution < -0.4 is 39.9 Å². The van der Waals surface area contributed by atoms with Crippen molar-refractivity contribution >= 4 is 31.5 Å². The summed E-state index contributed by atoms with van der Waals surface area (Å²) in [6.07, 6.45) is 22.3. The smallest absolute Gasteiger partial charge is 0.183 e. The van der Waals surface area contributed by atoms with Gasteiger partial charge in [0.2, 0.25) is 0 Å². The molecule has 0 aliphatic rings. The van der Waals surface area contributed by atoms with Gasteiger partial charge >= 0.3 is 0 Å². The van der Waals surface area contributed by atoms with Gasteiger partial charge in [0.1, 0.15) is 23.2 Å². The van der Waals surface area contributed by atoms with Crippen LogP contribution in [0.2, 0.25) is 19.6 Å². The van der Waals surface area contributed by atoms with E-state index in [0.717, 1.165) is 12.8 Å². The molecule has 0 aromatic heterocycles. The average Bonchev–Trinajstić information content (AvgIpc) is 3.06. The molecule has 0 saturated heterocycles. The van der Waals surface area contributed by atoms with Gasteiger partial charge < -0.3 is 28.4 Å². The summed E-state index contributed by atoms with van der Waals surface area (Å²) in [5.74, 6) is 1.15. The number of rotatable bonds is 24. The molecular weight excluding hydrogens is 706 g/mol. The fraction of sp³-hybridized carbons (Fsp3) is 0.571. The van der Waals surface area contributed by atoms with Crippen molar-refractivity contribution in [2.45, 2.75) is 130 Å². The molecule has 0 unspecified atom stereocenters. The predicted molar refractivity (Wildman–Crippen MR) is 207 cm³/mol. The molecule has 0 heterocycles. The van der Waals surface area contributed by atoms with E-state index in [0.29, 0.717) is 11.8 Å². The lowest BCUT2D eigenvalue weighted by Crippen LogP contribution is -3.00. The molecule has 0 saturated carbocycles. The first-order valence-electron chi connectivity index (χ1n) is 18.6. The molecule has 2 atom stereocenters. The van der Waals surface area contributed by atoms with Gasteiger partial charge in [0, 0.05) is 12.5 Å². The van der Waals surface area contributed by atoms with E-state index in [-0.39, 0.29) is 24.0 Å². The van der Waals surface area contributed by atoms with E-state index in [1.807, 2.05) is 0 Å². The van der Waals surface area contributed by atoms with Crippen LogP contribution in [0.25, 0.3) is 0 Å². The van der Waals surface area contributed by atoms with Gasteiger partial charge in [-0.05, 0) is 62.0 Å². The Morgan fingerprint density at radius 2 is 0.891 bits per heavy atom. The first-order chi connectivity index (χ1) is 21.9. The second kappa shape index (κ2) is 23.4. The van der Waals surface area contributed by atoms with Crippen LogP contribution in [0.15, 0.2) is 91.0 Å². The van der Waals surface area contributed by atoms with Crippen molar-refractivity contribution in [1.82, 2.24) is 0 Å². The topological polar surface area (TPSA) is 9.23 Å². The van der Waals surface area contributed by atoms with E-state index in [2.05, 4.69) is 124 Å². The fourth-order valence-corrected chi connectivity index (χ4v) is 12.3. The summed E-state index contributed by atoms with van der Waals surface area (Å²) in [5, 5.41) is 4.47. The molecule has 1 nitrogen and oxygen atoms in total. The van der Waals surface area contributed by atoms with Crippen molar-refractivity contribution in [3.8, 4) is 0 Å². The second-order valence-corrected chi connectivity index (χ2v) is 22.6. The fourth-order valence-electron chi connectivity index (χ4n) is 6.81. The molecule has 0 spiro atoms. The summed E-state index contributed by atoms with van der Waals surface area (Å²) in [7, 11) is -3.52. The third-order valence-corrected chi connectivity index (χ3v) is 15.2.